The molecule has 0 fully saturated rings. The minimum absolute atomic E-state index is 0.280. The predicted molar refractivity (Wildman–Crippen MR) is 80.8 cm³/mol. The number of para-hydroxylation sites is 1. The minimum atomic E-state index is 0.280. The molecule has 1 nitrogen and oxygen atoms in total. The summed E-state index contributed by atoms with van der Waals surface area (Å²) in [4.78, 5) is 0. The van der Waals surface area contributed by atoms with Gasteiger partial charge in [-0.25, -0.2) is 0 Å². The van der Waals surface area contributed by atoms with Crippen molar-refractivity contribution in [2.24, 2.45) is 5.41 Å². The Morgan fingerprint density at radius 2 is 1.32 bits per heavy atom. The molecular formula is C18H22O. The van der Waals surface area contributed by atoms with Gasteiger partial charge in [0, 0.05) is 0 Å². The molecular weight excluding hydrogens is 232 g/mol. The lowest BCUT2D eigenvalue weighted by atomic mass is 9.78. The van der Waals surface area contributed by atoms with Gasteiger partial charge >= 0.3 is 0 Å². The van der Waals surface area contributed by atoms with Crippen molar-refractivity contribution in [3.05, 3.63) is 60.2 Å². The highest BCUT2D eigenvalue weighted by atomic mass is 16.5. The van der Waals surface area contributed by atoms with Crippen molar-refractivity contribution < 1.29 is 4.74 Å². The van der Waals surface area contributed by atoms with Crippen molar-refractivity contribution in [1.82, 2.24) is 0 Å². The van der Waals surface area contributed by atoms with E-state index < -0.39 is 0 Å². The molecule has 2 rings (SSSR count). The topological polar surface area (TPSA) is 9.23 Å². The smallest absolute Gasteiger partial charge is 0.127 e. The Morgan fingerprint density at radius 3 is 1.84 bits per heavy atom. The number of hydrogen-bond donors (Lipinski definition) is 0. The quantitative estimate of drug-likeness (QED) is 0.690. The molecule has 0 bridgehead atoms. The molecule has 0 radical (unpaired) electrons. The second-order valence-electron chi connectivity index (χ2n) is 6.07. The zero-order valence-corrected chi connectivity index (χ0v) is 12.2. The summed E-state index contributed by atoms with van der Waals surface area (Å²) in [5, 5.41) is 0. The number of benzene rings is 2. The Kier molecular flexibility index (Phi) is 3.94. The van der Waals surface area contributed by atoms with E-state index in [2.05, 4.69) is 39.8 Å². The van der Waals surface area contributed by atoms with E-state index >= 15 is 0 Å². The maximum absolute atomic E-state index is 5.80. The Morgan fingerprint density at radius 1 is 0.789 bits per heavy atom. The molecule has 0 aliphatic heterocycles. The zero-order chi connectivity index (χ0) is 13.9. The van der Waals surface area contributed by atoms with Gasteiger partial charge in [-0.05, 0) is 41.2 Å². The molecule has 1 atom stereocenters. The van der Waals surface area contributed by atoms with Crippen molar-refractivity contribution in [2.75, 3.05) is 0 Å². The summed E-state index contributed by atoms with van der Waals surface area (Å²) in [5.74, 6) is 2.29. The predicted octanol–water partition coefficient (Wildman–Crippen LogP) is 5.63. The lowest BCUT2D eigenvalue weighted by Crippen LogP contribution is -2.15. The summed E-state index contributed by atoms with van der Waals surface area (Å²) in [6.07, 6.45) is 0. The molecule has 0 N–H and O–H groups in total. The lowest BCUT2D eigenvalue weighted by Gasteiger charge is -2.27. The number of hydrogen-bond acceptors (Lipinski definition) is 1. The molecule has 1 heteroatoms. The molecule has 2 aromatic carbocycles. The van der Waals surface area contributed by atoms with Gasteiger partial charge in [-0.1, -0.05) is 58.0 Å². The van der Waals surface area contributed by atoms with Crippen LogP contribution in [0, 0.1) is 5.41 Å². The molecule has 0 spiro atoms. The highest BCUT2D eigenvalue weighted by Gasteiger charge is 2.21. The minimum Gasteiger partial charge on any atom is -0.457 e. The highest BCUT2D eigenvalue weighted by molar-refractivity contribution is 5.34. The van der Waals surface area contributed by atoms with Crippen LogP contribution in [-0.2, 0) is 0 Å². The first kappa shape index (κ1) is 13.7. The van der Waals surface area contributed by atoms with Gasteiger partial charge in [0.1, 0.15) is 11.5 Å². The van der Waals surface area contributed by atoms with Gasteiger partial charge in [0.2, 0.25) is 0 Å². The molecule has 19 heavy (non-hydrogen) atoms. The van der Waals surface area contributed by atoms with E-state index in [9.17, 15) is 0 Å². The van der Waals surface area contributed by atoms with Gasteiger partial charge in [0.15, 0.2) is 0 Å². The SMILES string of the molecule is CC(c1ccc(Oc2ccccc2)cc1)C(C)(C)C. The van der Waals surface area contributed by atoms with Crippen molar-refractivity contribution in [3.63, 3.8) is 0 Å². The van der Waals surface area contributed by atoms with Gasteiger partial charge in [-0.2, -0.15) is 0 Å². The summed E-state index contributed by atoms with van der Waals surface area (Å²) in [6, 6.07) is 18.3. The van der Waals surface area contributed by atoms with E-state index in [0.29, 0.717) is 5.92 Å². The summed E-state index contributed by atoms with van der Waals surface area (Å²) in [5.41, 5.74) is 1.63. The van der Waals surface area contributed by atoms with Gasteiger partial charge in [0.05, 0.1) is 0 Å². The fourth-order valence-corrected chi connectivity index (χ4v) is 1.95. The van der Waals surface area contributed by atoms with Gasteiger partial charge in [-0.15, -0.1) is 0 Å². The molecule has 2 aromatic rings. The van der Waals surface area contributed by atoms with Gasteiger partial charge < -0.3 is 4.74 Å². The molecule has 0 saturated carbocycles. The van der Waals surface area contributed by atoms with Gasteiger partial charge in [0.25, 0.3) is 0 Å². The molecule has 0 heterocycles. The Labute approximate surface area is 116 Å². The van der Waals surface area contributed by atoms with Crippen molar-refractivity contribution in [3.8, 4) is 11.5 Å². The van der Waals surface area contributed by atoms with Crippen LogP contribution in [0.1, 0.15) is 39.2 Å². The summed E-state index contributed by atoms with van der Waals surface area (Å²) in [7, 11) is 0. The van der Waals surface area contributed by atoms with Crippen LogP contribution in [0.5, 0.6) is 11.5 Å². The van der Waals surface area contributed by atoms with Crippen LogP contribution < -0.4 is 4.74 Å². The van der Waals surface area contributed by atoms with E-state index in [0.717, 1.165) is 11.5 Å². The third-order valence-electron chi connectivity index (χ3n) is 3.66. The third kappa shape index (κ3) is 3.60. The van der Waals surface area contributed by atoms with E-state index in [1.54, 1.807) is 0 Å². The Balaban J connectivity index is 2.11. The van der Waals surface area contributed by atoms with E-state index in [4.69, 9.17) is 4.74 Å². The number of ether oxygens (including phenoxy) is 1. The van der Waals surface area contributed by atoms with Crippen molar-refractivity contribution in [2.45, 2.75) is 33.6 Å². The van der Waals surface area contributed by atoms with E-state index in [1.165, 1.54) is 5.56 Å². The summed E-state index contributed by atoms with van der Waals surface area (Å²) >= 11 is 0. The largest absolute Gasteiger partial charge is 0.457 e. The molecule has 0 saturated heterocycles. The first-order chi connectivity index (χ1) is 8.97. The molecule has 100 valence electrons. The second kappa shape index (κ2) is 5.48. The normalized spacial score (nSPS) is 13.1. The molecule has 0 aromatic heterocycles. The molecule has 0 aliphatic carbocycles. The van der Waals surface area contributed by atoms with Crippen LogP contribution in [-0.4, -0.2) is 0 Å². The highest BCUT2D eigenvalue weighted by Crippen LogP contribution is 2.35. The maximum Gasteiger partial charge on any atom is 0.127 e. The van der Waals surface area contributed by atoms with E-state index in [1.807, 2.05) is 42.5 Å². The summed E-state index contributed by atoms with van der Waals surface area (Å²) < 4.78 is 5.80. The van der Waals surface area contributed by atoms with Crippen LogP contribution in [0.25, 0.3) is 0 Å². The van der Waals surface area contributed by atoms with E-state index in [-0.39, 0.29) is 5.41 Å². The van der Waals surface area contributed by atoms with Crippen LogP contribution in [0.15, 0.2) is 54.6 Å². The Bertz CT molecular complexity index is 506. The Hall–Kier alpha value is -1.76. The monoisotopic (exact) mass is 254 g/mol. The van der Waals surface area contributed by atoms with Crippen molar-refractivity contribution in [1.29, 1.82) is 0 Å². The molecule has 1 unspecified atom stereocenters. The maximum atomic E-state index is 5.80. The standard InChI is InChI=1S/C18H22O/c1-14(18(2,3)4)15-10-12-17(13-11-15)19-16-8-6-5-7-9-16/h5-14H,1-4H3. The number of rotatable bonds is 3. The van der Waals surface area contributed by atoms with Crippen LogP contribution >= 0.6 is 0 Å². The molecule has 0 aliphatic rings. The first-order valence-corrected chi connectivity index (χ1v) is 6.79. The van der Waals surface area contributed by atoms with Crippen LogP contribution in [0.2, 0.25) is 0 Å². The fourth-order valence-electron chi connectivity index (χ4n) is 1.95. The lowest BCUT2D eigenvalue weighted by molar-refractivity contribution is 0.339. The average molecular weight is 254 g/mol. The van der Waals surface area contributed by atoms with Crippen LogP contribution in [0.3, 0.4) is 0 Å². The fraction of sp³-hybridized carbons (Fsp3) is 0.333. The zero-order valence-electron chi connectivity index (χ0n) is 12.2. The van der Waals surface area contributed by atoms with Gasteiger partial charge in [-0.3, -0.25) is 0 Å². The summed E-state index contributed by atoms with van der Waals surface area (Å²) in [6.45, 7) is 9.08. The second-order valence-corrected chi connectivity index (χ2v) is 6.07. The van der Waals surface area contributed by atoms with Crippen molar-refractivity contribution >= 4 is 0 Å². The third-order valence-corrected chi connectivity index (χ3v) is 3.66. The molecule has 0 amide bonds. The average Bonchev–Trinajstić information content (AvgIpc) is 2.39. The first-order valence-electron chi connectivity index (χ1n) is 6.79. The van der Waals surface area contributed by atoms with Crippen LogP contribution in [0.4, 0.5) is 0 Å².